The van der Waals surface area contributed by atoms with Crippen molar-refractivity contribution < 1.29 is 19.1 Å². The lowest BCUT2D eigenvalue weighted by atomic mass is 9.95. The van der Waals surface area contributed by atoms with Gasteiger partial charge in [0, 0.05) is 44.2 Å². The molecule has 2 fully saturated rings. The Morgan fingerprint density at radius 2 is 1.71 bits per heavy atom. The van der Waals surface area contributed by atoms with Gasteiger partial charge in [0.15, 0.2) is 0 Å². The molecule has 34 heavy (non-hydrogen) atoms. The van der Waals surface area contributed by atoms with Gasteiger partial charge in [-0.2, -0.15) is 0 Å². The van der Waals surface area contributed by atoms with E-state index in [4.69, 9.17) is 4.74 Å². The molecule has 8 nitrogen and oxygen atoms in total. The summed E-state index contributed by atoms with van der Waals surface area (Å²) in [5.41, 5.74) is 3.25. The Labute approximate surface area is 203 Å². The molecule has 0 aliphatic carbocycles. The number of nitrogens with zero attached hydrogens (tertiary/aromatic N) is 2. The van der Waals surface area contributed by atoms with Crippen molar-refractivity contribution in [3.05, 3.63) is 22.5 Å². The predicted molar refractivity (Wildman–Crippen MR) is 132 cm³/mol. The fourth-order valence-electron chi connectivity index (χ4n) is 5.19. The van der Waals surface area contributed by atoms with Gasteiger partial charge in [-0.3, -0.25) is 9.59 Å². The van der Waals surface area contributed by atoms with Gasteiger partial charge in [-0.05, 0) is 77.1 Å². The van der Waals surface area contributed by atoms with E-state index in [0.717, 1.165) is 49.3 Å². The van der Waals surface area contributed by atoms with Crippen molar-refractivity contribution in [1.29, 1.82) is 0 Å². The highest BCUT2D eigenvalue weighted by molar-refractivity contribution is 5.90. The number of ether oxygens (including phenoxy) is 1. The quantitative estimate of drug-likeness (QED) is 0.537. The van der Waals surface area contributed by atoms with Crippen LogP contribution in [0, 0.1) is 19.8 Å². The first-order valence-corrected chi connectivity index (χ1v) is 13.0. The minimum absolute atomic E-state index is 0.00511. The number of hydrogen-bond donors (Lipinski definition) is 2. The molecule has 0 bridgehead atoms. The standard InChI is InChI=1S/C26H42N4O4/c1-4-34-26(33)24-19(2)22(20(3)28-24)9-10-23(31)30-16-11-21(12-17-30)25(32)27-13-18-29-14-7-5-6-8-15-29/h21,28H,4-18H2,1-3H3,(H,27,32). The van der Waals surface area contributed by atoms with Crippen LogP contribution < -0.4 is 5.32 Å². The number of likely N-dealkylation sites (tertiary alicyclic amines) is 2. The average Bonchev–Trinajstić information content (AvgIpc) is 2.99. The number of aryl methyl sites for hydroxylation is 1. The first-order chi connectivity index (χ1) is 16.4. The lowest BCUT2D eigenvalue weighted by Crippen LogP contribution is -2.44. The first-order valence-electron chi connectivity index (χ1n) is 13.0. The van der Waals surface area contributed by atoms with Crippen molar-refractivity contribution >= 4 is 17.8 Å². The topological polar surface area (TPSA) is 94.7 Å². The number of aromatic amines is 1. The number of carbonyl (C=O) groups is 3. The normalized spacial score (nSPS) is 17.9. The summed E-state index contributed by atoms with van der Waals surface area (Å²) >= 11 is 0. The van der Waals surface area contributed by atoms with Crippen LogP contribution in [0.4, 0.5) is 0 Å². The van der Waals surface area contributed by atoms with Crippen LogP contribution in [-0.4, -0.2) is 78.4 Å². The third-order valence-corrected chi connectivity index (χ3v) is 7.31. The van der Waals surface area contributed by atoms with Crippen LogP contribution in [-0.2, 0) is 20.7 Å². The zero-order valence-electron chi connectivity index (χ0n) is 21.2. The fraction of sp³-hybridized carbons (Fsp3) is 0.731. The van der Waals surface area contributed by atoms with Gasteiger partial charge in [-0.25, -0.2) is 4.79 Å². The lowest BCUT2D eigenvalue weighted by molar-refractivity contribution is -0.135. The number of H-pyrrole nitrogens is 1. The minimum Gasteiger partial charge on any atom is -0.461 e. The highest BCUT2D eigenvalue weighted by Crippen LogP contribution is 2.22. The molecule has 2 aliphatic heterocycles. The summed E-state index contributed by atoms with van der Waals surface area (Å²) in [7, 11) is 0. The fourth-order valence-corrected chi connectivity index (χ4v) is 5.19. The van der Waals surface area contributed by atoms with Gasteiger partial charge >= 0.3 is 5.97 Å². The SMILES string of the molecule is CCOC(=O)c1[nH]c(C)c(CCC(=O)N2CCC(C(=O)NCCN3CCCCCC3)CC2)c1C. The Morgan fingerprint density at radius 3 is 2.35 bits per heavy atom. The third-order valence-electron chi connectivity index (χ3n) is 7.31. The maximum atomic E-state index is 12.8. The number of esters is 1. The van der Waals surface area contributed by atoms with Crippen LogP contribution in [0.1, 0.15) is 79.2 Å². The number of carbonyl (C=O) groups excluding carboxylic acids is 3. The van der Waals surface area contributed by atoms with Gasteiger partial charge in [0.25, 0.3) is 0 Å². The zero-order chi connectivity index (χ0) is 24.5. The van der Waals surface area contributed by atoms with Gasteiger partial charge in [0.1, 0.15) is 5.69 Å². The van der Waals surface area contributed by atoms with Crippen molar-refractivity contribution in [3.63, 3.8) is 0 Å². The monoisotopic (exact) mass is 474 g/mol. The maximum Gasteiger partial charge on any atom is 0.355 e. The van der Waals surface area contributed by atoms with E-state index in [1.54, 1.807) is 6.92 Å². The second-order valence-corrected chi connectivity index (χ2v) is 9.65. The molecule has 0 spiro atoms. The van der Waals surface area contributed by atoms with E-state index in [9.17, 15) is 14.4 Å². The van der Waals surface area contributed by atoms with Gasteiger partial charge in [0.2, 0.25) is 11.8 Å². The summed E-state index contributed by atoms with van der Waals surface area (Å²) < 4.78 is 5.11. The molecule has 2 saturated heterocycles. The summed E-state index contributed by atoms with van der Waals surface area (Å²) in [5.74, 6) is -0.119. The highest BCUT2D eigenvalue weighted by Gasteiger charge is 2.27. The van der Waals surface area contributed by atoms with Gasteiger partial charge < -0.3 is 24.8 Å². The van der Waals surface area contributed by atoms with Crippen molar-refractivity contribution in [2.24, 2.45) is 5.92 Å². The van der Waals surface area contributed by atoms with E-state index in [1.165, 1.54) is 25.7 Å². The molecule has 190 valence electrons. The Morgan fingerprint density at radius 1 is 1.03 bits per heavy atom. The Kier molecular flexibility index (Phi) is 9.99. The van der Waals surface area contributed by atoms with E-state index in [-0.39, 0.29) is 23.7 Å². The number of nitrogens with one attached hydrogen (secondary N) is 2. The molecule has 0 unspecified atom stereocenters. The predicted octanol–water partition coefficient (Wildman–Crippen LogP) is 2.97. The van der Waals surface area contributed by atoms with E-state index < -0.39 is 0 Å². The third kappa shape index (κ3) is 7.08. The van der Waals surface area contributed by atoms with Gasteiger partial charge in [-0.15, -0.1) is 0 Å². The average molecular weight is 475 g/mol. The first kappa shape index (κ1) is 26.3. The minimum atomic E-state index is -0.354. The summed E-state index contributed by atoms with van der Waals surface area (Å²) in [4.78, 5) is 45.0. The maximum absolute atomic E-state index is 12.8. The Bertz CT molecular complexity index is 834. The van der Waals surface area contributed by atoms with Crippen LogP contribution in [0.5, 0.6) is 0 Å². The Balaban J connectivity index is 1.39. The molecule has 1 aromatic heterocycles. The van der Waals surface area contributed by atoms with Gasteiger partial charge in [-0.1, -0.05) is 12.8 Å². The molecular formula is C26H42N4O4. The second kappa shape index (κ2) is 12.9. The van der Waals surface area contributed by atoms with Crippen molar-refractivity contribution in [2.45, 2.75) is 72.1 Å². The molecule has 1 aromatic rings. The number of aromatic nitrogens is 1. The number of rotatable bonds is 9. The van der Waals surface area contributed by atoms with E-state index in [0.29, 0.717) is 44.8 Å². The highest BCUT2D eigenvalue weighted by atomic mass is 16.5. The molecule has 0 radical (unpaired) electrons. The molecular weight excluding hydrogens is 432 g/mol. The summed E-state index contributed by atoms with van der Waals surface area (Å²) in [6.45, 7) is 11.1. The van der Waals surface area contributed by atoms with Crippen LogP contribution in [0.3, 0.4) is 0 Å². The molecule has 2 aliphatic rings. The molecule has 3 rings (SSSR count). The van der Waals surface area contributed by atoms with E-state index >= 15 is 0 Å². The zero-order valence-corrected chi connectivity index (χ0v) is 21.2. The van der Waals surface area contributed by atoms with Crippen molar-refractivity contribution in [1.82, 2.24) is 20.1 Å². The van der Waals surface area contributed by atoms with Gasteiger partial charge in [0.05, 0.1) is 6.61 Å². The van der Waals surface area contributed by atoms with Crippen molar-refractivity contribution in [2.75, 3.05) is 45.9 Å². The molecule has 0 aromatic carbocycles. The summed E-state index contributed by atoms with van der Waals surface area (Å²) in [6.07, 6.45) is 7.58. The van der Waals surface area contributed by atoms with Crippen LogP contribution in [0.2, 0.25) is 0 Å². The molecule has 3 heterocycles. The number of amides is 2. The van der Waals surface area contributed by atoms with E-state index in [1.807, 2.05) is 18.7 Å². The molecule has 8 heteroatoms. The lowest BCUT2D eigenvalue weighted by Gasteiger charge is -2.31. The van der Waals surface area contributed by atoms with Crippen LogP contribution >= 0.6 is 0 Å². The Hall–Kier alpha value is -2.35. The molecule has 2 amide bonds. The largest absolute Gasteiger partial charge is 0.461 e. The van der Waals surface area contributed by atoms with Crippen LogP contribution in [0.15, 0.2) is 0 Å². The summed E-state index contributed by atoms with van der Waals surface area (Å²) in [6, 6.07) is 0. The number of hydrogen-bond acceptors (Lipinski definition) is 5. The smallest absolute Gasteiger partial charge is 0.355 e. The summed E-state index contributed by atoms with van der Waals surface area (Å²) in [5, 5.41) is 3.12. The molecule has 0 saturated carbocycles. The number of piperidine rings is 1. The molecule has 0 atom stereocenters. The van der Waals surface area contributed by atoms with Crippen molar-refractivity contribution in [3.8, 4) is 0 Å². The van der Waals surface area contributed by atoms with Crippen LogP contribution in [0.25, 0.3) is 0 Å². The second-order valence-electron chi connectivity index (χ2n) is 9.65. The van der Waals surface area contributed by atoms with E-state index in [2.05, 4.69) is 15.2 Å². The molecule has 2 N–H and O–H groups in total.